The molecule has 0 saturated heterocycles. The molecule has 0 aliphatic rings. The molecule has 1 aromatic carbocycles. The number of ether oxygens (including phenoxy) is 1. The van der Waals surface area contributed by atoms with Gasteiger partial charge in [-0.05, 0) is 67.8 Å². The predicted molar refractivity (Wildman–Crippen MR) is 113 cm³/mol. The number of aliphatic imine (C=N–C) groups is 1. The lowest BCUT2D eigenvalue weighted by molar-refractivity contribution is -0.137. The lowest BCUT2D eigenvalue weighted by Gasteiger charge is -2.36. The quantitative estimate of drug-likeness (QED) is 0.137. The first kappa shape index (κ1) is 25.5. The number of halogens is 3. The first-order chi connectivity index (χ1) is 13.3. The third kappa shape index (κ3) is 8.38. The normalized spacial score (nSPS) is 12.4. The van der Waals surface area contributed by atoms with Crippen LogP contribution in [0.2, 0.25) is 18.1 Å². The number of hydrogen-bond acceptors (Lipinski definition) is 5. The van der Waals surface area contributed by atoms with Crippen LogP contribution in [0.3, 0.4) is 0 Å². The first-order valence-corrected chi connectivity index (χ1v) is 12.7. The van der Waals surface area contributed by atoms with Crippen molar-refractivity contribution in [1.29, 1.82) is 0 Å². The summed E-state index contributed by atoms with van der Waals surface area (Å²) in [6.07, 6.45) is -2.37. The average molecular weight is 448 g/mol. The summed E-state index contributed by atoms with van der Waals surface area (Å²) < 4.78 is 50.1. The molecule has 0 saturated carbocycles. The molecule has 1 rings (SSSR count). The number of rotatable bonds is 9. The van der Waals surface area contributed by atoms with E-state index in [1.165, 1.54) is 6.07 Å². The predicted octanol–water partition coefficient (Wildman–Crippen LogP) is 6.79. The van der Waals surface area contributed by atoms with Gasteiger partial charge in [-0.3, -0.25) is 0 Å². The first-order valence-electron chi connectivity index (χ1n) is 9.39. The fourth-order valence-electron chi connectivity index (χ4n) is 2.18. The third-order valence-corrected chi connectivity index (χ3v) is 9.58. The molecule has 0 spiro atoms. The van der Waals surface area contributed by atoms with E-state index in [1.807, 2.05) is 5.16 Å². The largest absolute Gasteiger partial charge is 0.462 e. The number of hydrogen-bond donors (Lipinski definition) is 0. The number of nitrogens with zero attached hydrogens (tertiary/aromatic N) is 1. The summed E-state index contributed by atoms with van der Waals surface area (Å²) in [5, 5.41) is 2.15. The minimum Gasteiger partial charge on any atom is -0.462 e. The monoisotopic (exact) mass is 447 g/mol. The Kier molecular flexibility index (Phi) is 9.21. The lowest BCUT2D eigenvalue weighted by Crippen LogP contribution is -2.40. The Balaban J connectivity index is 2.51. The van der Waals surface area contributed by atoms with Crippen LogP contribution in [0.4, 0.5) is 18.9 Å². The maximum absolute atomic E-state index is 13.0. The zero-order valence-electron chi connectivity index (χ0n) is 17.5. The molecule has 0 amide bonds. The maximum atomic E-state index is 13.0. The van der Waals surface area contributed by atoms with Gasteiger partial charge in [0, 0.05) is 6.61 Å². The Morgan fingerprint density at radius 3 is 2.28 bits per heavy atom. The van der Waals surface area contributed by atoms with Gasteiger partial charge in [0.25, 0.3) is 0 Å². The summed E-state index contributed by atoms with van der Waals surface area (Å²) in [6, 6.07) is 2.75. The Morgan fingerprint density at radius 1 is 1.10 bits per heavy atom. The van der Waals surface area contributed by atoms with Crippen molar-refractivity contribution >= 4 is 37.4 Å². The van der Waals surface area contributed by atoms with Gasteiger partial charge in [-0.1, -0.05) is 20.8 Å². The average Bonchev–Trinajstić information content (AvgIpc) is 2.59. The van der Waals surface area contributed by atoms with Crippen LogP contribution in [0.1, 0.15) is 56.0 Å². The summed E-state index contributed by atoms with van der Waals surface area (Å²) >= 11 is 4.42. The van der Waals surface area contributed by atoms with Crippen LogP contribution in [-0.2, 0) is 15.3 Å². The minimum atomic E-state index is -4.60. The van der Waals surface area contributed by atoms with Gasteiger partial charge in [-0.25, -0.2) is 4.79 Å². The van der Waals surface area contributed by atoms with Crippen molar-refractivity contribution in [2.45, 2.75) is 64.3 Å². The van der Waals surface area contributed by atoms with E-state index in [0.717, 1.165) is 25.0 Å². The Labute approximate surface area is 176 Å². The molecule has 0 N–H and O–H groups in total. The summed E-state index contributed by atoms with van der Waals surface area (Å²) in [4.78, 5) is 15.7. The van der Waals surface area contributed by atoms with Crippen molar-refractivity contribution in [3.05, 3.63) is 29.3 Å². The van der Waals surface area contributed by atoms with E-state index in [4.69, 9.17) is 9.16 Å². The molecule has 9 heteroatoms. The molecule has 162 valence electrons. The van der Waals surface area contributed by atoms with Crippen molar-refractivity contribution in [3.8, 4) is 0 Å². The summed E-state index contributed by atoms with van der Waals surface area (Å²) in [6.45, 7) is 11.7. The molecule has 0 aromatic heterocycles. The molecule has 0 fully saturated rings. The van der Waals surface area contributed by atoms with Crippen molar-refractivity contribution in [3.63, 3.8) is 0 Å². The second-order valence-electron chi connectivity index (χ2n) is 8.27. The van der Waals surface area contributed by atoms with Gasteiger partial charge < -0.3 is 9.16 Å². The molecule has 0 bridgehead atoms. The fourth-order valence-corrected chi connectivity index (χ4v) is 3.38. The number of alkyl halides is 3. The van der Waals surface area contributed by atoms with E-state index in [0.29, 0.717) is 13.0 Å². The van der Waals surface area contributed by atoms with Crippen LogP contribution in [-0.4, -0.2) is 32.7 Å². The molecule has 0 radical (unpaired) electrons. The number of carbonyl (C=O) groups is 1. The van der Waals surface area contributed by atoms with Crippen LogP contribution in [0, 0.1) is 0 Å². The SMILES string of the molecule is CC(C)(C)[Si](C)(C)OCCCCCOC(=O)c1cc(N=C=S)cc(C(F)(F)F)c1. The van der Waals surface area contributed by atoms with Gasteiger partial charge in [0.2, 0.25) is 0 Å². The number of benzene rings is 1. The van der Waals surface area contributed by atoms with Crippen LogP contribution >= 0.6 is 12.2 Å². The highest BCUT2D eigenvalue weighted by molar-refractivity contribution is 7.78. The van der Waals surface area contributed by atoms with Crippen molar-refractivity contribution < 1.29 is 27.1 Å². The van der Waals surface area contributed by atoms with E-state index in [9.17, 15) is 18.0 Å². The molecule has 0 aliphatic heterocycles. The number of esters is 1. The highest BCUT2D eigenvalue weighted by Gasteiger charge is 2.36. The molecule has 1 aromatic rings. The van der Waals surface area contributed by atoms with Gasteiger partial charge >= 0.3 is 12.1 Å². The summed E-state index contributed by atoms with van der Waals surface area (Å²) in [5.41, 5.74) is -1.30. The number of thiocarbonyl (C=S) groups is 1. The third-order valence-electron chi connectivity index (χ3n) is 4.95. The van der Waals surface area contributed by atoms with E-state index in [1.54, 1.807) is 0 Å². The van der Waals surface area contributed by atoms with Gasteiger partial charge in [0.05, 0.1) is 28.6 Å². The number of unbranched alkanes of at least 4 members (excludes halogenated alkanes) is 2. The topological polar surface area (TPSA) is 47.9 Å². The van der Waals surface area contributed by atoms with Gasteiger partial charge in [0.1, 0.15) is 0 Å². The maximum Gasteiger partial charge on any atom is 0.416 e. The van der Waals surface area contributed by atoms with Crippen LogP contribution in [0.25, 0.3) is 0 Å². The summed E-state index contributed by atoms with van der Waals surface area (Å²) in [5.74, 6) is -0.825. The smallest absolute Gasteiger partial charge is 0.416 e. The molecule has 0 heterocycles. The highest BCUT2D eigenvalue weighted by atomic mass is 32.1. The molecule has 4 nitrogen and oxygen atoms in total. The molecule has 0 aliphatic carbocycles. The van der Waals surface area contributed by atoms with Crippen LogP contribution < -0.4 is 0 Å². The standard InChI is InChI=1S/C20H28F3NO3SSi/c1-19(2,3)29(4,5)27-10-8-6-7-9-26-18(25)15-11-16(20(21,22)23)13-17(12-15)24-14-28/h11-13H,6-10H2,1-5H3. The Morgan fingerprint density at radius 2 is 1.72 bits per heavy atom. The van der Waals surface area contributed by atoms with E-state index < -0.39 is 26.0 Å². The molecular formula is C20H28F3NO3SSi. The Bertz CT molecular complexity index is 754. The van der Waals surface area contributed by atoms with Crippen LogP contribution in [0.15, 0.2) is 23.2 Å². The second-order valence-corrected chi connectivity index (χ2v) is 13.3. The van der Waals surface area contributed by atoms with Gasteiger partial charge in [0.15, 0.2) is 8.32 Å². The van der Waals surface area contributed by atoms with Gasteiger partial charge in [-0.15, -0.1) is 0 Å². The van der Waals surface area contributed by atoms with E-state index >= 15 is 0 Å². The zero-order chi connectivity index (χ0) is 22.3. The fraction of sp³-hybridized carbons (Fsp3) is 0.600. The van der Waals surface area contributed by atoms with Crippen molar-refractivity contribution in [2.75, 3.05) is 13.2 Å². The van der Waals surface area contributed by atoms with Gasteiger partial charge in [-0.2, -0.15) is 18.2 Å². The van der Waals surface area contributed by atoms with Crippen molar-refractivity contribution in [2.24, 2.45) is 4.99 Å². The Hall–Kier alpha value is -1.54. The molecular weight excluding hydrogens is 419 g/mol. The van der Waals surface area contributed by atoms with E-state index in [-0.39, 0.29) is 22.9 Å². The molecule has 0 atom stereocenters. The number of isothiocyanates is 1. The molecule has 29 heavy (non-hydrogen) atoms. The highest BCUT2D eigenvalue weighted by Crippen LogP contribution is 2.36. The second kappa shape index (κ2) is 10.5. The molecule has 0 unspecified atom stereocenters. The summed E-state index contributed by atoms with van der Waals surface area (Å²) in [7, 11) is -1.77. The van der Waals surface area contributed by atoms with Crippen LogP contribution in [0.5, 0.6) is 0 Å². The van der Waals surface area contributed by atoms with E-state index in [2.05, 4.69) is 51.1 Å². The minimum absolute atomic E-state index is 0.0930. The lowest BCUT2D eigenvalue weighted by atomic mass is 10.1. The zero-order valence-corrected chi connectivity index (χ0v) is 19.3. The van der Waals surface area contributed by atoms with Crippen molar-refractivity contribution in [1.82, 2.24) is 0 Å². The number of carbonyl (C=O) groups excluding carboxylic acids is 1.